The largest absolute Gasteiger partial charge is 0.396 e. The van der Waals surface area contributed by atoms with Crippen molar-refractivity contribution in [1.29, 1.82) is 0 Å². The van der Waals surface area contributed by atoms with Crippen LogP contribution in [0, 0.1) is 0 Å². The minimum absolute atomic E-state index is 0.0240. The minimum atomic E-state index is -0.259. The van der Waals surface area contributed by atoms with Crippen LogP contribution in [0.1, 0.15) is 12.5 Å². The van der Waals surface area contributed by atoms with Gasteiger partial charge in [0, 0.05) is 12.3 Å². The van der Waals surface area contributed by atoms with Crippen LogP contribution in [0.3, 0.4) is 0 Å². The average Bonchev–Trinajstić information content (AvgIpc) is 2.68. The second-order valence-corrected chi connectivity index (χ2v) is 5.10. The van der Waals surface area contributed by atoms with Gasteiger partial charge in [0.2, 0.25) is 0 Å². The molecule has 0 saturated heterocycles. The van der Waals surface area contributed by atoms with Gasteiger partial charge < -0.3 is 5.11 Å². The molecule has 0 fully saturated rings. The molecule has 0 bridgehead atoms. The fourth-order valence-electron chi connectivity index (χ4n) is 1.98. The van der Waals surface area contributed by atoms with Gasteiger partial charge in [0.15, 0.2) is 0 Å². The van der Waals surface area contributed by atoms with E-state index in [1.165, 1.54) is 16.7 Å². The summed E-state index contributed by atoms with van der Waals surface area (Å²) in [6.07, 6.45) is 0. The molecule has 2 rings (SSSR count). The van der Waals surface area contributed by atoms with Gasteiger partial charge in [-0.2, -0.15) is 0 Å². The number of nitrogens with zero attached hydrogens (tertiary/aromatic N) is 1. The summed E-state index contributed by atoms with van der Waals surface area (Å²) in [5.41, 5.74) is 1.20. The molecule has 0 radical (unpaired) electrons. The zero-order chi connectivity index (χ0) is 13.8. The van der Waals surface area contributed by atoms with Gasteiger partial charge in [-0.3, -0.25) is 14.5 Å². The molecular formula is C14H15NO3S. The lowest BCUT2D eigenvalue weighted by Crippen LogP contribution is -2.31. The number of benzene rings is 1. The van der Waals surface area contributed by atoms with Crippen molar-refractivity contribution in [2.24, 2.45) is 0 Å². The number of amides is 2. The molecule has 1 aromatic rings. The minimum Gasteiger partial charge on any atom is -0.396 e. The monoisotopic (exact) mass is 277 g/mol. The van der Waals surface area contributed by atoms with Crippen molar-refractivity contribution in [2.75, 3.05) is 18.9 Å². The quantitative estimate of drug-likeness (QED) is 0.829. The molecule has 4 nitrogen and oxygen atoms in total. The summed E-state index contributed by atoms with van der Waals surface area (Å²) in [4.78, 5) is 26.1. The number of carbonyl (C=O) groups is 2. The third-order valence-electron chi connectivity index (χ3n) is 2.84. The fraction of sp³-hybridized carbons (Fsp3) is 0.286. The van der Waals surface area contributed by atoms with Crippen LogP contribution in [-0.2, 0) is 9.59 Å². The number of carbonyl (C=O) groups excluding carboxylic acids is 2. The maximum absolute atomic E-state index is 12.3. The lowest BCUT2D eigenvalue weighted by Gasteiger charge is -2.11. The van der Waals surface area contributed by atoms with E-state index < -0.39 is 0 Å². The number of rotatable bonds is 5. The van der Waals surface area contributed by atoms with E-state index >= 15 is 0 Å². The molecule has 0 saturated carbocycles. The third kappa shape index (κ3) is 2.57. The van der Waals surface area contributed by atoms with Gasteiger partial charge in [0.05, 0.1) is 17.1 Å². The topological polar surface area (TPSA) is 57.6 Å². The van der Waals surface area contributed by atoms with E-state index in [1.54, 1.807) is 6.92 Å². The van der Waals surface area contributed by atoms with E-state index in [-0.39, 0.29) is 18.4 Å². The molecule has 1 aromatic carbocycles. The average molecular weight is 277 g/mol. The molecule has 1 aliphatic rings. The molecule has 1 aliphatic heterocycles. The Labute approximate surface area is 116 Å². The summed E-state index contributed by atoms with van der Waals surface area (Å²) in [7, 11) is 0. The van der Waals surface area contributed by atoms with Gasteiger partial charge >= 0.3 is 0 Å². The van der Waals surface area contributed by atoms with Crippen molar-refractivity contribution in [3.63, 3.8) is 0 Å². The number of thioether (sulfide) groups is 1. The number of aliphatic hydroxyl groups excluding tert-OH is 1. The van der Waals surface area contributed by atoms with Crippen molar-refractivity contribution in [3.8, 4) is 0 Å². The number of hydrogen-bond acceptors (Lipinski definition) is 4. The highest BCUT2D eigenvalue weighted by Crippen LogP contribution is 2.35. The van der Waals surface area contributed by atoms with Crippen LogP contribution in [0.4, 0.5) is 0 Å². The Bertz CT molecular complexity index is 525. The van der Waals surface area contributed by atoms with Gasteiger partial charge in [0.1, 0.15) is 0 Å². The number of likely N-dealkylation sites (N-methyl/N-ethyl adjacent to an activating group) is 1. The normalized spacial score (nSPS) is 15.6. The van der Waals surface area contributed by atoms with E-state index in [2.05, 4.69) is 0 Å². The first-order valence-corrected chi connectivity index (χ1v) is 7.08. The SMILES string of the molecule is CCN1C(=O)C(SCCO)=C(c2ccccc2)C1=O. The maximum atomic E-state index is 12.3. The molecule has 0 atom stereocenters. The van der Waals surface area contributed by atoms with Crippen LogP contribution in [-0.4, -0.2) is 40.7 Å². The summed E-state index contributed by atoms with van der Waals surface area (Å²) in [6, 6.07) is 9.17. The highest BCUT2D eigenvalue weighted by atomic mass is 32.2. The van der Waals surface area contributed by atoms with Gasteiger partial charge in [-0.1, -0.05) is 30.3 Å². The van der Waals surface area contributed by atoms with Gasteiger partial charge in [-0.25, -0.2) is 0 Å². The van der Waals surface area contributed by atoms with Crippen LogP contribution >= 0.6 is 11.8 Å². The Morgan fingerprint density at radius 3 is 2.42 bits per heavy atom. The van der Waals surface area contributed by atoms with Crippen molar-refractivity contribution in [1.82, 2.24) is 4.90 Å². The summed E-state index contributed by atoms with van der Waals surface area (Å²) in [5, 5.41) is 8.91. The van der Waals surface area contributed by atoms with Crippen LogP contribution in [0.25, 0.3) is 5.57 Å². The predicted molar refractivity (Wildman–Crippen MR) is 75.3 cm³/mol. The van der Waals surface area contributed by atoms with Crippen molar-refractivity contribution in [3.05, 3.63) is 40.8 Å². The standard InChI is InChI=1S/C14H15NO3S/c1-2-15-13(17)11(10-6-4-3-5-7-10)12(14(15)18)19-9-8-16/h3-7,16H,2,8-9H2,1H3. The molecule has 19 heavy (non-hydrogen) atoms. The van der Waals surface area contributed by atoms with E-state index in [0.717, 1.165) is 5.56 Å². The Hall–Kier alpha value is -1.59. The second kappa shape index (κ2) is 6.04. The Morgan fingerprint density at radius 2 is 1.84 bits per heavy atom. The van der Waals surface area contributed by atoms with E-state index in [1.807, 2.05) is 30.3 Å². The number of aliphatic hydroxyl groups is 1. The zero-order valence-corrected chi connectivity index (χ0v) is 11.4. The van der Waals surface area contributed by atoms with Crippen molar-refractivity contribution in [2.45, 2.75) is 6.92 Å². The smallest absolute Gasteiger partial charge is 0.267 e. The Balaban J connectivity index is 2.46. The Kier molecular flexibility index (Phi) is 4.39. The first kappa shape index (κ1) is 13.8. The van der Waals surface area contributed by atoms with Crippen molar-refractivity contribution < 1.29 is 14.7 Å². The summed E-state index contributed by atoms with van der Waals surface area (Å²) in [6.45, 7) is 2.11. The molecule has 0 aromatic heterocycles. The van der Waals surface area contributed by atoms with E-state index in [4.69, 9.17) is 5.11 Å². The van der Waals surface area contributed by atoms with E-state index in [9.17, 15) is 9.59 Å². The molecule has 5 heteroatoms. The molecule has 0 aliphatic carbocycles. The fourth-order valence-corrected chi connectivity index (χ4v) is 2.86. The summed E-state index contributed by atoms with van der Waals surface area (Å²) in [5.74, 6) is -0.105. The highest BCUT2D eigenvalue weighted by molar-refractivity contribution is 8.04. The molecule has 2 amide bonds. The van der Waals surface area contributed by atoms with Crippen LogP contribution in [0.15, 0.2) is 35.2 Å². The molecule has 1 N–H and O–H groups in total. The molecule has 0 spiro atoms. The molecular weight excluding hydrogens is 262 g/mol. The van der Waals surface area contributed by atoms with Crippen LogP contribution < -0.4 is 0 Å². The second-order valence-electron chi connectivity index (χ2n) is 4.00. The molecule has 1 heterocycles. The first-order valence-electron chi connectivity index (χ1n) is 6.10. The maximum Gasteiger partial charge on any atom is 0.267 e. The first-order chi connectivity index (χ1) is 9.20. The summed E-state index contributed by atoms with van der Waals surface area (Å²) < 4.78 is 0. The molecule has 100 valence electrons. The number of hydrogen-bond donors (Lipinski definition) is 1. The predicted octanol–water partition coefficient (Wildman–Crippen LogP) is 1.51. The zero-order valence-electron chi connectivity index (χ0n) is 10.6. The van der Waals surface area contributed by atoms with Gasteiger partial charge in [-0.15, -0.1) is 11.8 Å². The van der Waals surface area contributed by atoms with Crippen LogP contribution in [0.2, 0.25) is 0 Å². The third-order valence-corrected chi connectivity index (χ3v) is 3.90. The number of imide groups is 1. The Morgan fingerprint density at radius 1 is 1.16 bits per heavy atom. The van der Waals surface area contributed by atoms with Crippen molar-refractivity contribution >= 4 is 29.1 Å². The van der Waals surface area contributed by atoms with Gasteiger partial charge in [0.25, 0.3) is 11.8 Å². The van der Waals surface area contributed by atoms with Gasteiger partial charge in [-0.05, 0) is 12.5 Å². The lowest BCUT2D eigenvalue weighted by molar-refractivity contribution is -0.136. The highest BCUT2D eigenvalue weighted by Gasteiger charge is 2.37. The summed E-state index contributed by atoms with van der Waals surface area (Å²) >= 11 is 1.24. The molecule has 0 unspecified atom stereocenters. The van der Waals surface area contributed by atoms with Crippen LogP contribution in [0.5, 0.6) is 0 Å². The lowest BCUT2D eigenvalue weighted by atomic mass is 10.1. The van der Waals surface area contributed by atoms with E-state index in [0.29, 0.717) is 22.8 Å².